The van der Waals surface area contributed by atoms with E-state index < -0.39 is 28.8 Å². The number of fused-ring (bicyclic) bond motifs is 1. The summed E-state index contributed by atoms with van der Waals surface area (Å²) in [6, 6.07) is 19.5. The molecular weight excluding hydrogens is 516 g/mol. The van der Waals surface area contributed by atoms with Crippen molar-refractivity contribution < 1.29 is 22.3 Å². The molecule has 2 heterocycles. The Labute approximate surface area is 220 Å². The van der Waals surface area contributed by atoms with Crippen LogP contribution >= 0.6 is 11.8 Å². The highest BCUT2D eigenvalue weighted by molar-refractivity contribution is 7.98. The maximum atomic E-state index is 14.3. The van der Waals surface area contributed by atoms with Gasteiger partial charge < -0.3 is 9.30 Å². The molecule has 0 aliphatic rings. The first-order valence-corrected chi connectivity index (χ1v) is 12.8. The van der Waals surface area contributed by atoms with E-state index >= 15 is 0 Å². The first-order valence-electron chi connectivity index (χ1n) is 11.8. The molecule has 5 rings (SSSR count). The summed E-state index contributed by atoms with van der Waals surface area (Å²) in [4.78, 5) is 4.82. The molecule has 0 radical (unpaired) electrons. The van der Waals surface area contributed by atoms with Crippen LogP contribution in [0.25, 0.3) is 33.5 Å². The van der Waals surface area contributed by atoms with Crippen LogP contribution in [-0.4, -0.2) is 33.5 Å². The molecule has 2 aromatic heterocycles. The Morgan fingerprint density at radius 2 is 1.58 bits per heavy atom. The van der Waals surface area contributed by atoms with Crippen LogP contribution < -0.4 is 0 Å². The van der Waals surface area contributed by atoms with Crippen molar-refractivity contribution in [2.24, 2.45) is 0 Å². The second-order valence-electron chi connectivity index (χ2n) is 8.48. The molecule has 3 aromatic carbocycles. The fourth-order valence-electron chi connectivity index (χ4n) is 4.17. The summed E-state index contributed by atoms with van der Waals surface area (Å²) in [7, 11) is 1.59. The average Bonchev–Trinajstić information content (AvgIpc) is 3.34. The second kappa shape index (κ2) is 11.3. The highest BCUT2D eigenvalue weighted by Gasteiger charge is 2.22. The van der Waals surface area contributed by atoms with Gasteiger partial charge in [-0.25, -0.2) is 22.5 Å². The van der Waals surface area contributed by atoms with E-state index in [1.54, 1.807) is 7.11 Å². The quantitative estimate of drug-likeness (QED) is 0.0872. The molecule has 0 bridgehead atoms. The number of aromatic nitrogens is 4. The standard InChI is InChI=1S/C28H22F4N4OS/c1-37-13-7-12-36-27(34-35-28(36)38-16-20-25(31)21(29)15-22(30)26(20)32)19-14-24(17-8-3-2-4-9-17)33-23-11-6-5-10-18(19)23/h2-6,8-11,14-15H,7,12-13,16H2,1H3. The lowest BCUT2D eigenvalue weighted by Gasteiger charge is -2.13. The molecule has 10 heteroatoms. The topological polar surface area (TPSA) is 52.8 Å². The van der Waals surface area contributed by atoms with Crippen LogP contribution in [0.15, 0.2) is 71.9 Å². The van der Waals surface area contributed by atoms with E-state index in [-0.39, 0.29) is 11.8 Å². The molecule has 0 N–H and O–H groups in total. The van der Waals surface area contributed by atoms with Crippen molar-refractivity contribution in [1.29, 1.82) is 0 Å². The van der Waals surface area contributed by atoms with E-state index in [0.29, 0.717) is 30.6 Å². The number of halogens is 4. The van der Waals surface area contributed by atoms with Crippen molar-refractivity contribution in [1.82, 2.24) is 19.7 Å². The minimum Gasteiger partial charge on any atom is -0.385 e. The largest absolute Gasteiger partial charge is 0.385 e. The first kappa shape index (κ1) is 25.9. The predicted molar refractivity (Wildman–Crippen MR) is 139 cm³/mol. The molecule has 0 spiro atoms. The van der Waals surface area contributed by atoms with Crippen molar-refractivity contribution in [3.8, 4) is 22.6 Å². The van der Waals surface area contributed by atoms with Crippen LogP contribution in [0, 0.1) is 23.3 Å². The predicted octanol–water partition coefficient (Wildman–Crippen LogP) is 7.05. The fourth-order valence-corrected chi connectivity index (χ4v) is 5.13. The van der Waals surface area contributed by atoms with Gasteiger partial charge in [-0.2, -0.15) is 0 Å². The summed E-state index contributed by atoms with van der Waals surface area (Å²) in [5.41, 5.74) is 2.53. The first-order chi connectivity index (χ1) is 18.5. The van der Waals surface area contributed by atoms with Gasteiger partial charge in [0.25, 0.3) is 0 Å². The van der Waals surface area contributed by atoms with Crippen LogP contribution in [0.5, 0.6) is 0 Å². The molecular formula is C28H22F4N4OS. The SMILES string of the molecule is COCCCn1c(SCc2c(F)c(F)cc(F)c2F)nnc1-c1cc(-c2ccccc2)nc2ccccc12. The number of nitrogens with zero attached hydrogens (tertiary/aromatic N) is 4. The third-order valence-electron chi connectivity index (χ3n) is 6.02. The summed E-state index contributed by atoms with van der Waals surface area (Å²) in [5, 5.41) is 9.92. The Hall–Kier alpha value is -3.76. The zero-order chi connectivity index (χ0) is 26.6. The van der Waals surface area contributed by atoms with Crippen LogP contribution in [0.1, 0.15) is 12.0 Å². The van der Waals surface area contributed by atoms with E-state index in [1.807, 2.05) is 65.2 Å². The molecule has 0 saturated heterocycles. The van der Waals surface area contributed by atoms with Crippen molar-refractivity contribution in [3.05, 3.63) is 95.6 Å². The molecule has 0 aliphatic heterocycles. The lowest BCUT2D eigenvalue weighted by Crippen LogP contribution is -2.07. The third kappa shape index (κ3) is 5.14. The van der Waals surface area contributed by atoms with Gasteiger partial charge >= 0.3 is 0 Å². The number of benzene rings is 3. The Kier molecular flexibility index (Phi) is 7.71. The molecule has 194 valence electrons. The van der Waals surface area contributed by atoms with Crippen LogP contribution in [0.4, 0.5) is 17.6 Å². The minimum absolute atomic E-state index is 0.197. The van der Waals surface area contributed by atoms with Crippen LogP contribution in [0.3, 0.4) is 0 Å². The van der Waals surface area contributed by atoms with Gasteiger partial charge in [0, 0.05) is 54.2 Å². The lowest BCUT2D eigenvalue weighted by atomic mass is 10.0. The average molecular weight is 539 g/mol. The molecule has 0 fully saturated rings. The van der Waals surface area contributed by atoms with E-state index in [1.165, 1.54) is 0 Å². The summed E-state index contributed by atoms with van der Waals surface area (Å²) >= 11 is 0.945. The highest BCUT2D eigenvalue weighted by Crippen LogP contribution is 2.34. The van der Waals surface area contributed by atoms with Crippen LogP contribution in [0.2, 0.25) is 0 Å². The third-order valence-corrected chi connectivity index (χ3v) is 7.02. The number of hydrogen-bond acceptors (Lipinski definition) is 5. The number of para-hydroxylation sites is 1. The fraction of sp³-hybridized carbons (Fsp3) is 0.179. The Bertz CT molecular complexity index is 1570. The van der Waals surface area contributed by atoms with Crippen LogP contribution in [-0.2, 0) is 17.0 Å². The molecule has 5 nitrogen and oxygen atoms in total. The molecule has 0 atom stereocenters. The van der Waals surface area contributed by atoms with E-state index in [9.17, 15) is 17.6 Å². The number of thioether (sulfide) groups is 1. The van der Waals surface area contributed by atoms with Gasteiger partial charge in [-0.05, 0) is 18.6 Å². The second-order valence-corrected chi connectivity index (χ2v) is 9.42. The Morgan fingerprint density at radius 3 is 2.32 bits per heavy atom. The number of rotatable bonds is 9. The molecule has 0 aliphatic carbocycles. The van der Waals surface area contributed by atoms with Crippen molar-refractivity contribution in [3.63, 3.8) is 0 Å². The summed E-state index contributed by atoms with van der Waals surface area (Å²) < 4.78 is 63.1. The zero-order valence-corrected chi connectivity index (χ0v) is 21.1. The van der Waals surface area contributed by atoms with Gasteiger partial charge in [-0.15, -0.1) is 10.2 Å². The van der Waals surface area contributed by atoms with Crippen molar-refractivity contribution in [2.75, 3.05) is 13.7 Å². The molecule has 0 amide bonds. The van der Waals surface area contributed by atoms with Gasteiger partial charge in [-0.1, -0.05) is 60.3 Å². The molecule has 5 aromatic rings. The van der Waals surface area contributed by atoms with E-state index in [4.69, 9.17) is 9.72 Å². The smallest absolute Gasteiger partial charge is 0.191 e. The molecule has 0 saturated carbocycles. The Balaban J connectivity index is 1.59. The number of hydrogen-bond donors (Lipinski definition) is 0. The highest BCUT2D eigenvalue weighted by atomic mass is 32.2. The van der Waals surface area contributed by atoms with Crippen molar-refractivity contribution in [2.45, 2.75) is 23.9 Å². The van der Waals surface area contributed by atoms with Gasteiger partial charge in [0.2, 0.25) is 0 Å². The molecule has 0 unspecified atom stereocenters. The maximum absolute atomic E-state index is 14.3. The monoisotopic (exact) mass is 538 g/mol. The minimum atomic E-state index is -1.45. The lowest BCUT2D eigenvalue weighted by molar-refractivity contribution is 0.189. The van der Waals surface area contributed by atoms with Crippen molar-refractivity contribution >= 4 is 22.7 Å². The maximum Gasteiger partial charge on any atom is 0.191 e. The number of pyridine rings is 1. The van der Waals surface area contributed by atoms with E-state index in [0.717, 1.165) is 39.5 Å². The zero-order valence-electron chi connectivity index (χ0n) is 20.3. The van der Waals surface area contributed by atoms with Gasteiger partial charge in [0.05, 0.1) is 11.2 Å². The molecule has 38 heavy (non-hydrogen) atoms. The van der Waals surface area contributed by atoms with Gasteiger partial charge in [0.1, 0.15) is 0 Å². The van der Waals surface area contributed by atoms with E-state index in [2.05, 4.69) is 10.2 Å². The summed E-state index contributed by atoms with van der Waals surface area (Å²) in [5.74, 6) is -5.58. The number of methoxy groups -OCH3 is 1. The summed E-state index contributed by atoms with van der Waals surface area (Å²) in [6.07, 6.45) is 0.612. The Morgan fingerprint density at radius 1 is 0.868 bits per heavy atom. The normalized spacial score (nSPS) is 11.4. The number of ether oxygens (including phenoxy) is 1. The summed E-state index contributed by atoms with van der Waals surface area (Å²) in [6.45, 7) is 0.907. The van der Waals surface area contributed by atoms with Gasteiger partial charge in [0.15, 0.2) is 34.2 Å². The van der Waals surface area contributed by atoms with Gasteiger partial charge in [-0.3, -0.25) is 0 Å².